The van der Waals surface area contributed by atoms with Crippen LogP contribution in [0.15, 0.2) is 18.2 Å². The number of allylic oxidation sites excluding steroid dienone is 1. The van der Waals surface area contributed by atoms with Crippen molar-refractivity contribution in [2.45, 2.75) is 40.2 Å². The van der Waals surface area contributed by atoms with Gasteiger partial charge in [-0.3, -0.25) is 4.79 Å². The summed E-state index contributed by atoms with van der Waals surface area (Å²) in [5.41, 5.74) is 5.63. The van der Waals surface area contributed by atoms with Crippen LogP contribution in [-0.2, 0) is 4.79 Å². The van der Waals surface area contributed by atoms with E-state index in [1.54, 1.807) is 6.92 Å². The van der Waals surface area contributed by atoms with E-state index in [2.05, 4.69) is 61.8 Å². The second-order valence-corrected chi connectivity index (χ2v) is 6.33. The fraction of sp³-hybridized carbons (Fsp3) is 0.438. The Morgan fingerprint density at radius 3 is 2.37 bits per heavy atom. The van der Waals surface area contributed by atoms with Crippen LogP contribution in [0.3, 0.4) is 0 Å². The normalized spacial score (nSPS) is 16.9. The molecule has 2 nitrogen and oxygen atoms in total. The van der Waals surface area contributed by atoms with Crippen LogP contribution in [0.25, 0.3) is 5.57 Å². The number of carbonyl (C=O) groups excluding carboxylic acids is 1. The number of benzene rings is 1. The van der Waals surface area contributed by atoms with E-state index in [0.29, 0.717) is 0 Å². The quantitative estimate of drug-likeness (QED) is 0.709. The highest BCUT2D eigenvalue weighted by atomic mass is 79.9. The van der Waals surface area contributed by atoms with Crippen LogP contribution in [0.2, 0.25) is 0 Å². The Kier molecular flexibility index (Phi) is 3.61. The van der Waals surface area contributed by atoms with Crippen LogP contribution in [0.4, 0.5) is 5.69 Å². The Balaban J connectivity index is 2.75. The maximum atomic E-state index is 12.1. The van der Waals surface area contributed by atoms with E-state index in [0.717, 1.165) is 16.6 Å². The SMILES string of the molecule is CC(=O)N1c2cc(C)c(C)cc2C(CBr)=CC1(C)C. The van der Waals surface area contributed by atoms with Crippen molar-refractivity contribution >= 4 is 33.1 Å². The molecule has 0 spiro atoms. The average molecular weight is 322 g/mol. The zero-order chi connectivity index (χ0) is 14.4. The number of hydrogen-bond acceptors (Lipinski definition) is 1. The summed E-state index contributed by atoms with van der Waals surface area (Å²) in [4.78, 5) is 13.9. The molecule has 3 heteroatoms. The predicted molar refractivity (Wildman–Crippen MR) is 84.9 cm³/mol. The molecule has 1 heterocycles. The zero-order valence-electron chi connectivity index (χ0n) is 12.2. The smallest absolute Gasteiger partial charge is 0.224 e. The Morgan fingerprint density at radius 2 is 1.84 bits per heavy atom. The molecule has 102 valence electrons. The van der Waals surface area contributed by atoms with Crippen molar-refractivity contribution in [2.24, 2.45) is 0 Å². The minimum Gasteiger partial charge on any atom is -0.303 e. The van der Waals surface area contributed by atoms with Gasteiger partial charge in [0.1, 0.15) is 0 Å². The molecule has 0 atom stereocenters. The third kappa shape index (κ3) is 2.36. The molecule has 0 saturated heterocycles. The summed E-state index contributed by atoms with van der Waals surface area (Å²) in [5, 5.41) is 0.803. The number of nitrogens with zero attached hydrogens (tertiary/aromatic N) is 1. The molecule has 0 N–H and O–H groups in total. The highest BCUT2D eigenvalue weighted by Crippen LogP contribution is 2.41. The van der Waals surface area contributed by atoms with Crippen molar-refractivity contribution < 1.29 is 4.79 Å². The Bertz CT molecular complexity index is 572. The lowest BCUT2D eigenvalue weighted by molar-refractivity contribution is -0.117. The standard InChI is InChI=1S/C16H20BrNO/c1-10-6-14-13(9-17)8-16(4,5)18(12(3)19)15(14)7-11(10)2/h6-8H,9H2,1-5H3. The third-order valence-corrected chi connectivity index (χ3v) is 4.37. The summed E-state index contributed by atoms with van der Waals surface area (Å²) in [6.45, 7) is 9.99. The summed E-state index contributed by atoms with van der Waals surface area (Å²) in [6.07, 6.45) is 2.18. The number of alkyl halides is 1. The minimum absolute atomic E-state index is 0.0828. The van der Waals surface area contributed by atoms with E-state index in [-0.39, 0.29) is 11.4 Å². The highest BCUT2D eigenvalue weighted by Gasteiger charge is 2.34. The fourth-order valence-electron chi connectivity index (χ4n) is 2.81. The lowest BCUT2D eigenvalue weighted by Gasteiger charge is -2.41. The second kappa shape index (κ2) is 4.78. The van der Waals surface area contributed by atoms with Crippen LogP contribution < -0.4 is 4.90 Å². The molecule has 2 rings (SSSR count). The Morgan fingerprint density at radius 1 is 1.26 bits per heavy atom. The maximum absolute atomic E-state index is 12.1. The lowest BCUT2D eigenvalue weighted by Crippen LogP contribution is -2.48. The molecule has 1 amide bonds. The molecule has 0 saturated carbocycles. The van der Waals surface area contributed by atoms with E-state index in [1.165, 1.54) is 16.7 Å². The van der Waals surface area contributed by atoms with Crippen molar-refractivity contribution in [3.8, 4) is 0 Å². The van der Waals surface area contributed by atoms with Crippen molar-refractivity contribution in [2.75, 3.05) is 10.2 Å². The first-order valence-electron chi connectivity index (χ1n) is 6.48. The molecule has 0 bridgehead atoms. The number of anilines is 1. The zero-order valence-corrected chi connectivity index (χ0v) is 13.8. The summed E-state index contributed by atoms with van der Waals surface area (Å²) in [7, 11) is 0. The second-order valence-electron chi connectivity index (χ2n) is 5.76. The number of aryl methyl sites for hydroxylation is 2. The molecule has 0 unspecified atom stereocenters. The van der Waals surface area contributed by atoms with Crippen molar-refractivity contribution in [1.82, 2.24) is 0 Å². The van der Waals surface area contributed by atoms with E-state index in [4.69, 9.17) is 0 Å². The van der Waals surface area contributed by atoms with Gasteiger partial charge in [0.05, 0.1) is 11.2 Å². The van der Waals surface area contributed by atoms with Gasteiger partial charge >= 0.3 is 0 Å². The van der Waals surface area contributed by atoms with Crippen LogP contribution in [0.5, 0.6) is 0 Å². The molecule has 0 fully saturated rings. The Hall–Kier alpha value is -1.09. The predicted octanol–water partition coefficient (Wildman–Crippen LogP) is 4.23. The van der Waals surface area contributed by atoms with Crippen LogP contribution in [0, 0.1) is 13.8 Å². The summed E-state index contributed by atoms with van der Waals surface area (Å²) in [6, 6.07) is 4.31. The first kappa shape index (κ1) is 14.3. The average Bonchev–Trinajstić information content (AvgIpc) is 2.29. The van der Waals surface area contributed by atoms with Gasteiger partial charge in [0.25, 0.3) is 0 Å². The van der Waals surface area contributed by atoms with E-state index in [9.17, 15) is 4.79 Å². The van der Waals surface area contributed by atoms with Crippen LogP contribution in [-0.4, -0.2) is 16.8 Å². The van der Waals surface area contributed by atoms with Gasteiger partial charge in [-0.2, -0.15) is 0 Å². The summed E-state index contributed by atoms with van der Waals surface area (Å²) >= 11 is 3.56. The fourth-order valence-corrected chi connectivity index (χ4v) is 3.27. The Labute approximate surface area is 123 Å². The molecule has 1 aromatic carbocycles. The van der Waals surface area contributed by atoms with Gasteiger partial charge in [-0.25, -0.2) is 0 Å². The van der Waals surface area contributed by atoms with E-state index < -0.39 is 0 Å². The number of amides is 1. The van der Waals surface area contributed by atoms with Gasteiger partial charge in [-0.1, -0.05) is 22.0 Å². The van der Waals surface area contributed by atoms with Gasteiger partial charge in [-0.15, -0.1) is 0 Å². The van der Waals surface area contributed by atoms with Crippen molar-refractivity contribution in [3.05, 3.63) is 34.9 Å². The van der Waals surface area contributed by atoms with Gasteiger partial charge in [0.2, 0.25) is 5.91 Å². The van der Waals surface area contributed by atoms with Crippen molar-refractivity contribution in [1.29, 1.82) is 0 Å². The number of fused-ring (bicyclic) bond motifs is 1. The molecule has 0 aliphatic carbocycles. The summed E-state index contributed by atoms with van der Waals surface area (Å²) < 4.78 is 0. The highest BCUT2D eigenvalue weighted by molar-refractivity contribution is 9.09. The monoisotopic (exact) mass is 321 g/mol. The number of halogens is 1. The van der Waals surface area contributed by atoms with Crippen LogP contribution >= 0.6 is 15.9 Å². The van der Waals surface area contributed by atoms with Gasteiger partial charge in [0, 0.05) is 17.8 Å². The maximum Gasteiger partial charge on any atom is 0.224 e. The molecule has 19 heavy (non-hydrogen) atoms. The summed E-state index contributed by atoms with van der Waals surface area (Å²) in [5.74, 6) is 0.0828. The minimum atomic E-state index is -0.288. The van der Waals surface area contributed by atoms with Gasteiger partial charge in [0.15, 0.2) is 0 Å². The molecule has 0 radical (unpaired) electrons. The topological polar surface area (TPSA) is 20.3 Å². The molecule has 1 aliphatic heterocycles. The largest absolute Gasteiger partial charge is 0.303 e. The van der Waals surface area contributed by atoms with Gasteiger partial charge in [-0.05, 0) is 56.5 Å². The molecule has 0 aromatic heterocycles. The van der Waals surface area contributed by atoms with Crippen molar-refractivity contribution in [3.63, 3.8) is 0 Å². The van der Waals surface area contributed by atoms with Gasteiger partial charge < -0.3 is 4.90 Å². The number of rotatable bonds is 1. The number of carbonyl (C=O) groups is 1. The molecule has 1 aliphatic rings. The van der Waals surface area contributed by atoms with E-state index in [1.807, 2.05) is 4.90 Å². The first-order valence-corrected chi connectivity index (χ1v) is 7.60. The molecular weight excluding hydrogens is 302 g/mol. The molecular formula is C16H20BrNO. The molecule has 1 aromatic rings. The number of hydrogen-bond donors (Lipinski definition) is 0. The van der Waals surface area contributed by atoms with E-state index >= 15 is 0 Å². The lowest BCUT2D eigenvalue weighted by atomic mass is 9.87. The third-order valence-electron chi connectivity index (χ3n) is 3.76. The first-order chi connectivity index (χ1) is 8.77. The van der Waals surface area contributed by atoms with Crippen LogP contribution in [0.1, 0.15) is 37.5 Å².